The van der Waals surface area contributed by atoms with Crippen LogP contribution in [-0.4, -0.2) is 29.1 Å². The largest absolute Gasteiger partial charge is 0.493 e. The first-order valence-corrected chi connectivity index (χ1v) is 8.15. The fraction of sp³-hybridized carbons (Fsp3) is 0.158. The number of methoxy groups -OCH3 is 2. The number of hydrogen-bond donors (Lipinski definition) is 0. The third-order valence-corrected chi connectivity index (χ3v) is 4.10. The second kappa shape index (κ2) is 7.74. The van der Waals surface area contributed by atoms with Gasteiger partial charge in [-0.2, -0.15) is 13.2 Å². The standard InChI is InChI=1S/C19H14F3N3O4/c1-28-16-10-12(9-15(25(26)27)17(16)29-2)11-5-7-23-14(8-11)13-4-3-6-24-18(13)19(20,21)22/h3-10H,1-2H3. The number of pyridine rings is 2. The summed E-state index contributed by atoms with van der Waals surface area (Å²) in [5.41, 5.74) is -0.802. The van der Waals surface area contributed by atoms with Crippen LogP contribution in [-0.2, 0) is 6.18 Å². The summed E-state index contributed by atoms with van der Waals surface area (Å²) in [5.74, 6) is 0.0644. The van der Waals surface area contributed by atoms with Gasteiger partial charge in [0, 0.05) is 24.0 Å². The summed E-state index contributed by atoms with van der Waals surface area (Å²) in [6, 6.07) is 8.32. The molecule has 0 fully saturated rings. The van der Waals surface area contributed by atoms with Crippen LogP contribution in [0.15, 0.2) is 48.8 Å². The van der Waals surface area contributed by atoms with E-state index in [-0.39, 0.29) is 28.4 Å². The Morgan fingerprint density at radius 2 is 1.76 bits per heavy atom. The van der Waals surface area contributed by atoms with Crippen LogP contribution >= 0.6 is 0 Å². The van der Waals surface area contributed by atoms with Crippen molar-refractivity contribution < 1.29 is 27.6 Å². The molecule has 0 aliphatic carbocycles. The molecule has 0 atom stereocenters. The van der Waals surface area contributed by atoms with E-state index in [0.717, 1.165) is 6.20 Å². The number of aromatic nitrogens is 2. The molecule has 0 saturated heterocycles. The zero-order valence-electron chi connectivity index (χ0n) is 15.2. The topological polar surface area (TPSA) is 87.4 Å². The number of ether oxygens (including phenoxy) is 2. The summed E-state index contributed by atoms with van der Waals surface area (Å²) in [6.45, 7) is 0. The van der Waals surface area contributed by atoms with Crippen molar-refractivity contribution in [3.8, 4) is 33.9 Å². The highest BCUT2D eigenvalue weighted by Crippen LogP contribution is 2.42. The first-order chi connectivity index (χ1) is 13.8. The van der Waals surface area contributed by atoms with E-state index in [4.69, 9.17) is 9.47 Å². The molecule has 0 bridgehead atoms. The molecule has 0 amide bonds. The van der Waals surface area contributed by atoms with Crippen molar-refractivity contribution in [3.05, 3.63) is 64.6 Å². The predicted octanol–water partition coefficient (Wildman–Crippen LogP) is 4.75. The normalized spacial score (nSPS) is 11.2. The van der Waals surface area contributed by atoms with E-state index in [1.807, 2.05) is 0 Å². The molecule has 150 valence electrons. The zero-order valence-corrected chi connectivity index (χ0v) is 15.2. The molecule has 0 aliphatic rings. The van der Waals surface area contributed by atoms with Crippen LogP contribution in [0.5, 0.6) is 11.5 Å². The second-order valence-electron chi connectivity index (χ2n) is 5.82. The highest BCUT2D eigenvalue weighted by atomic mass is 19.4. The van der Waals surface area contributed by atoms with E-state index in [1.54, 1.807) is 0 Å². The maximum Gasteiger partial charge on any atom is 0.434 e. The quantitative estimate of drug-likeness (QED) is 0.450. The lowest BCUT2D eigenvalue weighted by atomic mass is 10.0. The molecule has 0 saturated carbocycles. The van der Waals surface area contributed by atoms with Crippen molar-refractivity contribution in [2.75, 3.05) is 14.2 Å². The minimum absolute atomic E-state index is 0.0281. The Labute approximate surface area is 162 Å². The van der Waals surface area contributed by atoms with Crippen LogP contribution in [0.4, 0.5) is 18.9 Å². The van der Waals surface area contributed by atoms with Gasteiger partial charge in [-0.15, -0.1) is 0 Å². The molecule has 0 aliphatic heterocycles. The van der Waals surface area contributed by atoms with Gasteiger partial charge in [0.2, 0.25) is 5.75 Å². The number of halogens is 3. The van der Waals surface area contributed by atoms with E-state index >= 15 is 0 Å². The van der Waals surface area contributed by atoms with E-state index in [0.29, 0.717) is 11.1 Å². The number of benzene rings is 1. The maximum atomic E-state index is 13.3. The summed E-state index contributed by atoms with van der Waals surface area (Å²) in [5, 5.41) is 11.4. The summed E-state index contributed by atoms with van der Waals surface area (Å²) < 4.78 is 50.1. The van der Waals surface area contributed by atoms with Gasteiger partial charge < -0.3 is 9.47 Å². The minimum Gasteiger partial charge on any atom is -0.493 e. The van der Waals surface area contributed by atoms with E-state index in [2.05, 4.69) is 9.97 Å². The van der Waals surface area contributed by atoms with E-state index < -0.39 is 16.8 Å². The van der Waals surface area contributed by atoms with Gasteiger partial charge in [-0.25, -0.2) is 0 Å². The lowest BCUT2D eigenvalue weighted by Crippen LogP contribution is -2.10. The van der Waals surface area contributed by atoms with Gasteiger partial charge in [-0.05, 0) is 41.5 Å². The Bertz CT molecular complexity index is 1070. The summed E-state index contributed by atoms with van der Waals surface area (Å²) in [7, 11) is 2.60. The van der Waals surface area contributed by atoms with Crippen LogP contribution in [0, 0.1) is 10.1 Å². The van der Waals surface area contributed by atoms with Crippen LogP contribution in [0.2, 0.25) is 0 Å². The van der Waals surface area contributed by atoms with Crippen molar-refractivity contribution in [2.45, 2.75) is 6.18 Å². The molecule has 2 aromatic heterocycles. The first kappa shape index (κ1) is 20.1. The Morgan fingerprint density at radius 1 is 1.00 bits per heavy atom. The number of nitro groups is 1. The van der Waals surface area contributed by atoms with Gasteiger partial charge in [-0.1, -0.05) is 0 Å². The Kier molecular flexibility index (Phi) is 5.35. The van der Waals surface area contributed by atoms with Crippen LogP contribution < -0.4 is 9.47 Å². The highest BCUT2D eigenvalue weighted by Gasteiger charge is 2.35. The average molecular weight is 405 g/mol. The van der Waals surface area contributed by atoms with Crippen molar-refractivity contribution in [2.24, 2.45) is 0 Å². The van der Waals surface area contributed by atoms with Crippen LogP contribution in [0.1, 0.15) is 5.69 Å². The van der Waals surface area contributed by atoms with Crippen LogP contribution in [0.3, 0.4) is 0 Å². The first-order valence-electron chi connectivity index (χ1n) is 8.15. The Hall–Kier alpha value is -3.69. The molecule has 0 unspecified atom stereocenters. The van der Waals surface area contributed by atoms with Gasteiger partial charge in [-0.3, -0.25) is 20.1 Å². The third kappa shape index (κ3) is 3.96. The third-order valence-electron chi connectivity index (χ3n) is 4.10. The molecule has 10 heteroatoms. The highest BCUT2D eigenvalue weighted by molar-refractivity contribution is 5.76. The molecule has 0 spiro atoms. The summed E-state index contributed by atoms with van der Waals surface area (Å²) in [4.78, 5) is 18.2. The number of rotatable bonds is 5. The number of hydrogen-bond acceptors (Lipinski definition) is 6. The lowest BCUT2D eigenvalue weighted by molar-refractivity contribution is -0.385. The predicted molar refractivity (Wildman–Crippen MR) is 97.7 cm³/mol. The monoisotopic (exact) mass is 405 g/mol. The molecule has 3 rings (SSSR count). The van der Waals surface area contributed by atoms with Gasteiger partial charge in [0.05, 0.1) is 24.8 Å². The van der Waals surface area contributed by atoms with Crippen molar-refractivity contribution >= 4 is 5.69 Å². The van der Waals surface area contributed by atoms with E-state index in [1.165, 1.54) is 56.8 Å². The molecular formula is C19H14F3N3O4. The molecule has 0 radical (unpaired) electrons. The fourth-order valence-corrected chi connectivity index (χ4v) is 2.84. The summed E-state index contributed by atoms with van der Waals surface area (Å²) in [6.07, 6.45) is -2.29. The molecule has 7 nitrogen and oxygen atoms in total. The van der Waals surface area contributed by atoms with Crippen molar-refractivity contribution in [1.29, 1.82) is 0 Å². The van der Waals surface area contributed by atoms with Gasteiger partial charge in [0.1, 0.15) is 0 Å². The Balaban J connectivity index is 2.17. The second-order valence-corrected chi connectivity index (χ2v) is 5.82. The number of nitro benzene ring substituents is 1. The molecule has 0 N–H and O–H groups in total. The zero-order chi connectivity index (χ0) is 21.2. The smallest absolute Gasteiger partial charge is 0.434 e. The van der Waals surface area contributed by atoms with E-state index in [9.17, 15) is 23.3 Å². The number of nitrogens with zero attached hydrogens (tertiary/aromatic N) is 3. The van der Waals surface area contributed by atoms with Crippen molar-refractivity contribution in [1.82, 2.24) is 9.97 Å². The molecule has 3 aromatic rings. The molecule has 1 aromatic carbocycles. The molecule has 29 heavy (non-hydrogen) atoms. The molecular weight excluding hydrogens is 391 g/mol. The van der Waals surface area contributed by atoms with Crippen LogP contribution in [0.25, 0.3) is 22.4 Å². The average Bonchev–Trinajstić information content (AvgIpc) is 2.72. The Morgan fingerprint density at radius 3 is 2.38 bits per heavy atom. The maximum absolute atomic E-state index is 13.3. The number of alkyl halides is 3. The van der Waals surface area contributed by atoms with Gasteiger partial charge in [0.15, 0.2) is 11.4 Å². The van der Waals surface area contributed by atoms with Crippen molar-refractivity contribution in [3.63, 3.8) is 0 Å². The van der Waals surface area contributed by atoms with Gasteiger partial charge in [0.25, 0.3) is 0 Å². The molecule has 2 heterocycles. The lowest BCUT2D eigenvalue weighted by Gasteiger charge is -2.13. The SMILES string of the molecule is COc1cc(-c2ccnc(-c3cccnc3C(F)(F)F)c2)cc([N+](=O)[O-])c1OC. The fourth-order valence-electron chi connectivity index (χ4n) is 2.84. The summed E-state index contributed by atoms with van der Waals surface area (Å²) >= 11 is 0. The van der Waals surface area contributed by atoms with Gasteiger partial charge >= 0.3 is 11.9 Å². The minimum atomic E-state index is -4.66.